The number of rotatable bonds is 2. The average Bonchev–Trinajstić information content (AvgIpc) is 2.83. The number of fused-ring (bicyclic) bond motifs is 3. The molecule has 9 atom stereocenters. The fraction of sp³-hybridized carbons (Fsp3) is 0.792. The highest BCUT2D eigenvalue weighted by Crippen LogP contribution is 2.71. The Kier molecular flexibility index (Phi) is 4.99. The molecular formula is C24H34O7. The Labute approximate surface area is 183 Å². The van der Waals surface area contributed by atoms with E-state index in [1.807, 2.05) is 20.8 Å². The molecule has 4 aliphatic rings. The van der Waals surface area contributed by atoms with E-state index in [9.17, 15) is 24.6 Å². The highest BCUT2D eigenvalue weighted by atomic mass is 16.5. The fourth-order valence-corrected chi connectivity index (χ4v) is 8.00. The van der Waals surface area contributed by atoms with Gasteiger partial charge in [0.15, 0.2) is 5.78 Å². The number of aliphatic hydroxyl groups is 2. The van der Waals surface area contributed by atoms with Gasteiger partial charge in [0.2, 0.25) is 0 Å². The first-order chi connectivity index (χ1) is 14.3. The largest absolute Gasteiger partial charge is 0.462 e. The molecule has 0 unspecified atom stereocenters. The van der Waals surface area contributed by atoms with Gasteiger partial charge in [0, 0.05) is 37.0 Å². The van der Waals surface area contributed by atoms with Gasteiger partial charge in [0.25, 0.3) is 0 Å². The Morgan fingerprint density at radius 2 is 1.58 bits per heavy atom. The van der Waals surface area contributed by atoms with Gasteiger partial charge < -0.3 is 19.7 Å². The lowest BCUT2D eigenvalue weighted by Gasteiger charge is -2.67. The first-order valence-electron chi connectivity index (χ1n) is 11.2. The van der Waals surface area contributed by atoms with Crippen molar-refractivity contribution in [2.24, 2.45) is 34.0 Å². The minimum Gasteiger partial charge on any atom is -0.462 e. The van der Waals surface area contributed by atoms with Gasteiger partial charge in [-0.1, -0.05) is 27.4 Å². The molecule has 7 nitrogen and oxygen atoms in total. The number of carbonyl (C=O) groups is 3. The van der Waals surface area contributed by atoms with Gasteiger partial charge in [-0.15, -0.1) is 0 Å². The van der Waals surface area contributed by atoms with Crippen molar-refractivity contribution in [2.45, 2.75) is 84.7 Å². The molecule has 0 aliphatic heterocycles. The summed E-state index contributed by atoms with van der Waals surface area (Å²) in [5.74, 6) is -2.01. The van der Waals surface area contributed by atoms with Crippen molar-refractivity contribution in [3.05, 3.63) is 12.2 Å². The van der Waals surface area contributed by atoms with Gasteiger partial charge in [-0.25, -0.2) is 0 Å². The van der Waals surface area contributed by atoms with Gasteiger partial charge in [0.1, 0.15) is 12.2 Å². The molecule has 0 aromatic heterocycles. The molecule has 0 aromatic rings. The summed E-state index contributed by atoms with van der Waals surface area (Å²) >= 11 is 0. The second-order valence-electron chi connectivity index (χ2n) is 11.0. The van der Waals surface area contributed by atoms with Gasteiger partial charge in [-0.05, 0) is 36.7 Å². The minimum atomic E-state index is -1.08. The Hall–Kier alpha value is -1.73. The normalized spacial score (nSPS) is 47.9. The van der Waals surface area contributed by atoms with E-state index < -0.39 is 58.5 Å². The van der Waals surface area contributed by atoms with Crippen molar-refractivity contribution >= 4 is 17.7 Å². The molecule has 0 amide bonds. The summed E-state index contributed by atoms with van der Waals surface area (Å²) in [7, 11) is 0. The summed E-state index contributed by atoms with van der Waals surface area (Å²) in [6, 6.07) is 0. The third-order valence-corrected chi connectivity index (χ3v) is 9.20. The Morgan fingerprint density at radius 3 is 2.16 bits per heavy atom. The van der Waals surface area contributed by atoms with Gasteiger partial charge in [-0.3, -0.25) is 14.4 Å². The van der Waals surface area contributed by atoms with Gasteiger partial charge >= 0.3 is 11.9 Å². The molecule has 0 saturated heterocycles. The molecule has 1 spiro atoms. The lowest BCUT2D eigenvalue weighted by molar-refractivity contribution is -0.274. The number of Topliss-reactive ketones (excluding diaryl/α,β-unsaturated/α-hetero) is 1. The summed E-state index contributed by atoms with van der Waals surface area (Å²) in [6.07, 6.45) is -1.48. The third kappa shape index (κ3) is 2.81. The lowest BCUT2D eigenvalue weighted by atomic mass is 9.38. The van der Waals surface area contributed by atoms with Crippen LogP contribution in [0.15, 0.2) is 12.2 Å². The molecule has 0 heterocycles. The molecule has 31 heavy (non-hydrogen) atoms. The predicted molar refractivity (Wildman–Crippen MR) is 111 cm³/mol. The average molecular weight is 435 g/mol. The van der Waals surface area contributed by atoms with Crippen LogP contribution in [0.4, 0.5) is 0 Å². The van der Waals surface area contributed by atoms with Crippen LogP contribution in [0.5, 0.6) is 0 Å². The third-order valence-electron chi connectivity index (χ3n) is 9.20. The summed E-state index contributed by atoms with van der Waals surface area (Å²) in [4.78, 5) is 37.4. The molecule has 0 radical (unpaired) electrons. The number of ketones is 1. The van der Waals surface area contributed by atoms with Gasteiger partial charge in [-0.2, -0.15) is 0 Å². The Balaban J connectivity index is 1.89. The topological polar surface area (TPSA) is 110 Å². The summed E-state index contributed by atoms with van der Waals surface area (Å²) in [5, 5.41) is 22.8. The van der Waals surface area contributed by atoms with E-state index in [2.05, 4.69) is 6.58 Å². The van der Waals surface area contributed by atoms with E-state index in [1.165, 1.54) is 13.8 Å². The highest BCUT2D eigenvalue weighted by molar-refractivity contribution is 6.03. The van der Waals surface area contributed by atoms with E-state index in [-0.39, 0.29) is 24.0 Å². The maximum atomic E-state index is 13.6. The molecule has 4 saturated carbocycles. The van der Waals surface area contributed by atoms with Gasteiger partial charge in [0.05, 0.1) is 17.6 Å². The number of esters is 2. The van der Waals surface area contributed by atoms with Crippen LogP contribution >= 0.6 is 0 Å². The molecule has 2 N–H and O–H groups in total. The smallest absolute Gasteiger partial charge is 0.302 e. The standard InChI is InChI=1S/C24H34O7/c1-11-14-7-15(27)20-23(6)16(22(4,5)18(9-17(23)28)30-12(2)25)8-19(31-13(3)26)24(20,10-14)21(11)29/h14-20,27-28H,1,7-10H2,2-6H3/t14-,15+,16-,17+,18+,19+,20+,23+,24+/m1/s1. The van der Waals surface area contributed by atoms with E-state index >= 15 is 0 Å². The molecule has 172 valence electrons. The van der Waals surface area contributed by atoms with Crippen LogP contribution in [0, 0.1) is 34.0 Å². The van der Waals surface area contributed by atoms with E-state index in [0.717, 1.165) is 0 Å². The Morgan fingerprint density at radius 1 is 1.00 bits per heavy atom. The molecule has 2 bridgehead atoms. The van der Waals surface area contributed by atoms with Crippen LogP contribution in [-0.2, 0) is 23.9 Å². The molecule has 0 aromatic carbocycles. The lowest BCUT2D eigenvalue weighted by Crippen LogP contribution is -2.72. The van der Waals surface area contributed by atoms with Crippen molar-refractivity contribution in [1.29, 1.82) is 0 Å². The summed E-state index contributed by atoms with van der Waals surface area (Å²) in [6.45, 7) is 12.6. The first-order valence-corrected chi connectivity index (χ1v) is 11.2. The van der Waals surface area contributed by atoms with Crippen LogP contribution in [0.3, 0.4) is 0 Å². The zero-order valence-corrected chi connectivity index (χ0v) is 19.0. The molecule has 4 rings (SSSR count). The number of hydrogen-bond donors (Lipinski definition) is 2. The first kappa shape index (κ1) is 22.5. The second-order valence-corrected chi connectivity index (χ2v) is 11.0. The van der Waals surface area contributed by atoms with Crippen LogP contribution < -0.4 is 0 Å². The molecular weight excluding hydrogens is 400 g/mol. The monoisotopic (exact) mass is 434 g/mol. The van der Waals surface area contributed by atoms with Crippen LogP contribution in [0.2, 0.25) is 0 Å². The van der Waals surface area contributed by atoms with Crippen molar-refractivity contribution < 1.29 is 34.1 Å². The predicted octanol–water partition coefficient (Wildman–Crippen LogP) is 2.18. The van der Waals surface area contributed by atoms with Crippen LogP contribution in [0.25, 0.3) is 0 Å². The number of hydrogen-bond acceptors (Lipinski definition) is 7. The zero-order valence-electron chi connectivity index (χ0n) is 19.0. The number of carbonyl (C=O) groups excluding carboxylic acids is 3. The van der Waals surface area contributed by atoms with Crippen molar-refractivity contribution in [2.75, 3.05) is 0 Å². The summed E-state index contributed by atoms with van der Waals surface area (Å²) in [5.41, 5.74) is -1.97. The molecule has 4 fully saturated rings. The minimum absolute atomic E-state index is 0.139. The number of aliphatic hydroxyl groups excluding tert-OH is 2. The number of allylic oxidation sites excluding steroid dienone is 1. The molecule has 7 heteroatoms. The van der Waals surface area contributed by atoms with E-state index in [4.69, 9.17) is 9.47 Å². The highest BCUT2D eigenvalue weighted by Gasteiger charge is 2.76. The van der Waals surface area contributed by atoms with E-state index in [0.29, 0.717) is 24.8 Å². The van der Waals surface area contributed by atoms with E-state index in [1.54, 1.807) is 0 Å². The van der Waals surface area contributed by atoms with Crippen molar-refractivity contribution in [3.63, 3.8) is 0 Å². The second kappa shape index (κ2) is 6.88. The number of ether oxygens (including phenoxy) is 2. The maximum Gasteiger partial charge on any atom is 0.302 e. The Bertz CT molecular complexity index is 847. The molecule has 4 aliphatic carbocycles. The quantitative estimate of drug-likeness (QED) is 0.506. The fourth-order valence-electron chi connectivity index (χ4n) is 8.00. The SMILES string of the molecule is C=C1C(=O)[C@]23C[C@H]1C[C@H](O)[C@H]2[C@@]1(C)[C@H](C[C@@H]3OC(C)=O)C(C)(C)[C@@H](OC(C)=O)C[C@@H]1O. The van der Waals surface area contributed by atoms with Crippen molar-refractivity contribution in [1.82, 2.24) is 0 Å². The maximum absolute atomic E-state index is 13.6. The van der Waals surface area contributed by atoms with Crippen LogP contribution in [0.1, 0.15) is 60.3 Å². The zero-order chi connectivity index (χ0) is 23.1. The summed E-state index contributed by atoms with van der Waals surface area (Å²) < 4.78 is 11.4. The van der Waals surface area contributed by atoms with Crippen LogP contribution in [-0.4, -0.2) is 52.4 Å². The van der Waals surface area contributed by atoms with Crippen molar-refractivity contribution in [3.8, 4) is 0 Å².